The van der Waals surface area contributed by atoms with E-state index in [2.05, 4.69) is 41.5 Å². The van der Waals surface area contributed by atoms with Gasteiger partial charge in [-0.05, 0) is 31.8 Å². The van der Waals surface area contributed by atoms with E-state index in [-0.39, 0.29) is 0 Å². The highest BCUT2D eigenvalue weighted by atomic mass is 32.2. The first-order chi connectivity index (χ1) is 8.17. The van der Waals surface area contributed by atoms with Gasteiger partial charge < -0.3 is 9.88 Å². The van der Waals surface area contributed by atoms with E-state index >= 15 is 0 Å². The zero-order valence-corrected chi connectivity index (χ0v) is 11.9. The molecule has 0 saturated carbocycles. The first kappa shape index (κ1) is 14.2. The summed E-state index contributed by atoms with van der Waals surface area (Å²) in [5.41, 5.74) is 1.05. The maximum absolute atomic E-state index is 4.49. The Morgan fingerprint density at radius 2 is 2.41 bits per heavy atom. The molecule has 1 heterocycles. The van der Waals surface area contributed by atoms with Gasteiger partial charge in [-0.15, -0.1) is 6.58 Å². The standard InChI is InChI=1S/C13H23N3S/c1-5-8-16-10-12(4)15-13(16)14-11(3)7-9-17-6-2/h5,10-11H,1,6-9H2,2-4H3,(H,14,15). The SMILES string of the molecule is C=CCn1cc(C)nc1NC(C)CCSCC. The van der Waals surface area contributed by atoms with Crippen LogP contribution < -0.4 is 5.32 Å². The normalized spacial score (nSPS) is 12.4. The maximum Gasteiger partial charge on any atom is 0.203 e. The lowest BCUT2D eigenvalue weighted by molar-refractivity contribution is 0.733. The minimum Gasteiger partial charge on any atom is -0.353 e. The predicted octanol–water partition coefficient (Wildman–Crippen LogP) is 3.32. The second-order valence-electron chi connectivity index (χ2n) is 4.18. The molecule has 0 aliphatic heterocycles. The van der Waals surface area contributed by atoms with E-state index < -0.39 is 0 Å². The summed E-state index contributed by atoms with van der Waals surface area (Å²) in [7, 11) is 0. The maximum atomic E-state index is 4.49. The van der Waals surface area contributed by atoms with E-state index in [1.54, 1.807) is 0 Å². The third-order valence-electron chi connectivity index (χ3n) is 2.50. The van der Waals surface area contributed by atoms with E-state index in [9.17, 15) is 0 Å². The summed E-state index contributed by atoms with van der Waals surface area (Å²) in [6, 6.07) is 0.458. The van der Waals surface area contributed by atoms with Crippen molar-refractivity contribution in [3.8, 4) is 0 Å². The molecule has 1 N–H and O–H groups in total. The van der Waals surface area contributed by atoms with Gasteiger partial charge in [-0.2, -0.15) is 11.8 Å². The van der Waals surface area contributed by atoms with Gasteiger partial charge in [0.05, 0.1) is 5.69 Å². The Kier molecular flexibility index (Phi) is 6.19. The quantitative estimate of drug-likeness (QED) is 0.569. The van der Waals surface area contributed by atoms with Crippen molar-refractivity contribution >= 4 is 17.7 Å². The van der Waals surface area contributed by atoms with Crippen LogP contribution in [-0.2, 0) is 6.54 Å². The van der Waals surface area contributed by atoms with Crippen molar-refractivity contribution in [2.24, 2.45) is 0 Å². The topological polar surface area (TPSA) is 29.9 Å². The fraction of sp³-hybridized carbons (Fsp3) is 0.615. The summed E-state index contributed by atoms with van der Waals surface area (Å²) in [5, 5.41) is 3.47. The van der Waals surface area contributed by atoms with Crippen molar-refractivity contribution in [3.63, 3.8) is 0 Å². The van der Waals surface area contributed by atoms with Gasteiger partial charge in [0.15, 0.2) is 0 Å². The van der Waals surface area contributed by atoms with Crippen molar-refractivity contribution in [2.45, 2.75) is 39.8 Å². The largest absolute Gasteiger partial charge is 0.353 e. The van der Waals surface area contributed by atoms with Crippen molar-refractivity contribution < 1.29 is 0 Å². The van der Waals surface area contributed by atoms with Gasteiger partial charge in [0.25, 0.3) is 0 Å². The zero-order chi connectivity index (χ0) is 12.7. The van der Waals surface area contributed by atoms with Crippen LogP contribution in [0.15, 0.2) is 18.9 Å². The molecule has 1 rings (SSSR count). The number of imidazole rings is 1. The molecule has 96 valence electrons. The Bertz CT molecular complexity index is 346. The molecule has 0 radical (unpaired) electrons. The molecule has 1 unspecified atom stereocenters. The summed E-state index contributed by atoms with van der Waals surface area (Å²) in [5.74, 6) is 3.35. The smallest absolute Gasteiger partial charge is 0.203 e. The number of hydrogen-bond donors (Lipinski definition) is 1. The van der Waals surface area contributed by atoms with E-state index in [4.69, 9.17) is 0 Å². The lowest BCUT2D eigenvalue weighted by Crippen LogP contribution is -2.19. The van der Waals surface area contributed by atoms with Gasteiger partial charge in [-0.25, -0.2) is 4.98 Å². The molecule has 17 heavy (non-hydrogen) atoms. The number of hydrogen-bond acceptors (Lipinski definition) is 3. The molecule has 0 bridgehead atoms. The summed E-state index contributed by atoms with van der Waals surface area (Å²) in [6.07, 6.45) is 5.11. The van der Waals surface area contributed by atoms with Crippen LogP contribution >= 0.6 is 11.8 Å². The Hall–Kier alpha value is -0.900. The van der Waals surface area contributed by atoms with E-state index in [1.165, 1.54) is 17.9 Å². The molecule has 0 amide bonds. The van der Waals surface area contributed by atoms with Crippen LogP contribution in [0.25, 0.3) is 0 Å². The molecule has 4 heteroatoms. The average Bonchev–Trinajstić information content (AvgIpc) is 2.60. The molecule has 0 aliphatic rings. The monoisotopic (exact) mass is 253 g/mol. The number of allylic oxidation sites excluding steroid dienone is 1. The first-order valence-electron chi connectivity index (χ1n) is 6.16. The summed E-state index contributed by atoms with van der Waals surface area (Å²) >= 11 is 1.98. The lowest BCUT2D eigenvalue weighted by Gasteiger charge is -2.15. The molecule has 1 aromatic rings. The van der Waals surface area contributed by atoms with Crippen molar-refractivity contribution in [2.75, 3.05) is 16.8 Å². The molecule has 0 aliphatic carbocycles. The molecule has 0 saturated heterocycles. The van der Waals surface area contributed by atoms with Crippen molar-refractivity contribution in [1.82, 2.24) is 9.55 Å². The van der Waals surface area contributed by atoms with Gasteiger partial charge in [-0.1, -0.05) is 13.0 Å². The number of thioether (sulfide) groups is 1. The number of anilines is 1. The molecule has 3 nitrogen and oxygen atoms in total. The molecule has 0 fully saturated rings. The molecule has 1 atom stereocenters. The molecular weight excluding hydrogens is 230 g/mol. The molecular formula is C13H23N3S. The number of rotatable bonds is 8. The lowest BCUT2D eigenvalue weighted by atomic mass is 10.3. The van der Waals surface area contributed by atoms with Crippen LogP contribution in [-0.4, -0.2) is 27.1 Å². The average molecular weight is 253 g/mol. The highest BCUT2D eigenvalue weighted by Crippen LogP contribution is 2.12. The van der Waals surface area contributed by atoms with Crippen LogP contribution in [0, 0.1) is 6.92 Å². The Morgan fingerprint density at radius 3 is 3.06 bits per heavy atom. The van der Waals surface area contributed by atoms with Crippen LogP contribution in [0.1, 0.15) is 26.0 Å². The minimum atomic E-state index is 0.458. The molecule has 1 aromatic heterocycles. The second-order valence-corrected chi connectivity index (χ2v) is 5.57. The van der Waals surface area contributed by atoms with Crippen molar-refractivity contribution in [1.29, 1.82) is 0 Å². The van der Waals surface area contributed by atoms with E-state index in [0.717, 1.165) is 18.2 Å². The third kappa shape index (κ3) is 4.86. The number of aryl methyl sites for hydroxylation is 1. The third-order valence-corrected chi connectivity index (χ3v) is 3.43. The Labute approximate surface area is 109 Å². The molecule has 0 aromatic carbocycles. The van der Waals surface area contributed by atoms with Crippen LogP contribution in [0.2, 0.25) is 0 Å². The van der Waals surface area contributed by atoms with Crippen LogP contribution in [0.5, 0.6) is 0 Å². The fourth-order valence-electron chi connectivity index (χ4n) is 1.64. The van der Waals surface area contributed by atoms with Gasteiger partial charge in [0.2, 0.25) is 5.95 Å². The first-order valence-corrected chi connectivity index (χ1v) is 7.31. The summed E-state index contributed by atoms with van der Waals surface area (Å²) in [6.45, 7) is 11.0. The Morgan fingerprint density at radius 1 is 1.65 bits per heavy atom. The van der Waals surface area contributed by atoms with Gasteiger partial charge in [0, 0.05) is 18.8 Å². The highest BCUT2D eigenvalue weighted by molar-refractivity contribution is 7.99. The van der Waals surface area contributed by atoms with E-state index in [0.29, 0.717) is 6.04 Å². The van der Waals surface area contributed by atoms with Crippen molar-refractivity contribution in [3.05, 3.63) is 24.5 Å². The van der Waals surface area contributed by atoms with Gasteiger partial charge in [-0.3, -0.25) is 0 Å². The van der Waals surface area contributed by atoms with Gasteiger partial charge in [0.1, 0.15) is 0 Å². The minimum absolute atomic E-state index is 0.458. The molecule has 0 spiro atoms. The fourth-order valence-corrected chi connectivity index (χ4v) is 2.45. The summed E-state index contributed by atoms with van der Waals surface area (Å²) in [4.78, 5) is 4.49. The summed E-state index contributed by atoms with van der Waals surface area (Å²) < 4.78 is 2.10. The predicted molar refractivity (Wildman–Crippen MR) is 77.9 cm³/mol. The van der Waals surface area contributed by atoms with E-state index in [1.807, 2.05) is 24.8 Å². The number of aromatic nitrogens is 2. The Balaban J connectivity index is 2.51. The van der Waals surface area contributed by atoms with Gasteiger partial charge >= 0.3 is 0 Å². The van der Waals surface area contributed by atoms with Crippen LogP contribution in [0.3, 0.4) is 0 Å². The highest BCUT2D eigenvalue weighted by Gasteiger charge is 2.08. The zero-order valence-electron chi connectivity index (χ0n) is 11.1. The number of nitrogens with one attached hydrogen (secondary N) is 1. The second kappa shape index (κ2) is 7.43. The van der Waals surface area contributed by atoms with Crippen LogP contribution in [0.4, 0.5) is 5.95 Å². The number of nitrogens with zero attached hydrogens (tertiary/aromatic N) is 2.